The number of rotatable bonds is 4. The fourth-order valence-electron chi connectivity index (χ4n) is 2.81. The Morgan fingerprint density at radius 2 is 1.67 bits per heavy atom. The molecule has 0 amide bonds. The van der Waals surface area contributed by atoms with Crippen LogP contribution < -0.4 is 5.32 Å². The van der Waals surface area contributed by atoms with Gasteiger partial charge in [0.25, 0.3) is 0 Å². The van der Waals surface area contributed by atoms with Crippen LogP contribution in [0, 0.1) is 0 Å². The number of ketones is 2. The minimum Gasteiger partial charge on any atom is -0.507 e. The predicted octanol–water partition coefficient (Wildman–Crippen LogP) is 1.57. The molecular weight excluding hydrogens is 352 g/mol. The van der Waals surface area contributed by atoms with Gasteiger partial charge in [-0.1, -0.05) is 11.6 Å². The highest BCUT2D eigenvalue weighted by atomic mass is 35.5. The summed E-state index contributed by atoms with van der Waals surface area (Å²) in [6, 6.07) is 2.35. The molecule has 0 spiro atoms. The third-order valence-electron chi connectivity index (χ3n) is 4.09. The van der Waals surface area contributed by atoms with E-state index in [1.165, 1.54) is 6.07 Å². The Balaban J connectivity index is 1.78. The lowest BCUT2D eigenvalue weighted by molar-refractivity contribution is 0.0969. The molecule has 2 aliphatic rings. The number of Topliss-reactive ketones (excluding diaryl/α,β-unsaturated/α-hetero) is 2. The van der Waals surface area contributed by atoms with Crippen molar-refractivity contribution in [3.8, 4) is 11.5 Å². The Bertz CT molecular complexity index is 729. The van der Waals surface area contributed by atoms with Gasteiger partial charge in [0.15, 0.2) is 0 Å². The molecule has 1 fully saturated rings. The Morgan fingerprint density at radius 1 is 1.08 bits per heavy atom. The van der Waals surface area contributed by atoms with Crippen LogP contribution in [0.15, 0.2) is 22.9 Å². The molecule has 0 unspecified atom stereocenters. The van der Waals surface area contributed by atoms with Gasteiger partial charge in [0, 0.05) is 37.7 Å². The van der Waals surface area contributed by atoms with Gasteiger partial charge in [-0.15, -0.1) is 0 Å². The van der Waals surface area contributed by atoms with E-state index in [9.17, 15) is 19.8 Å². The minimum atomic E-state index is -0.670. The van der Waals surface area contributed by atoms with Crippen LogP contribution in [0.2, 0.25) is 0 Å². The van der Waals surface area contributed by atoms with Crippen LogP contribution in [-0.4, -0.2) is 64.4 Å². The van der Waals surface area contributed by atoms with Crippen molar-refractivity contribution in [3.63, 3.8) is 0 Å². The first-order valence-corrected chi connectivity index (χ1v) is 9.12. The molecule has 1 heterocycles. The van der Waals surface area contributed by atoms with Crippen LogP contribution in [0.1, 0.15) is 20.7 Å². The summed E-state index contributed by atoms with van der Waals surface area (Å²) in [5.74, 6) is 0.193. The number of thioether (sulfide) groups is 1. The zero-order valence-corrected chi connectivity index (χ0v) is 14.4. The monoisotopic (exact) mass is 368 g/mol. The first-order valence-electron chi connectivity index (χ1n) is 7.58. The SMILES string of the molecule is O=C1C(Cl)=C(NCCN2CCSCC2)C(=O)c2c(O)ccc(O)c21. The maximum absolute atomic E-state index is 12.6. The first kappa shape index (κ1) is 17.1. The number of allylic oxidation sites excluding steroid dienone is 2. The van der Waals surface area contributed by atoms with E-state index in [0.29, 0.717) is 6.54 Å². The molecule has 3 rings (SSSR count). The molecule has 1 aliphatic carbocycles. The number of carbonyl (C=O) groups excluding carboxylic acids is 2. The molecule has 0 bridgehead atoms. The van der Waals surface area contributed by atoms with Crippen molar-refractivity contribution in [1.29, 1.82) is 0 Å². The molecule has 6 nitrogen and oxygen atoms in total. The van der Waals surface area contributed by atoms with Crippen LogP contribution in [0.25, 0.3) is 0 Å². The fraction of sp³-hybridized carbons (Fsp3) is 0.375. The Kier molecular flexibility index (Phi) is 5.03. The van der Waals surface area contributed by atoms with Crippen molar-refractivity contribution >= 4 is 34.9 Å². The van der Waals surface area contributed by atoms with E-state index < -0.39 is 11.6 Å². The second-order valence-electron chi connectivity index (χ2n) is 5.58. The summed E-state index contributed by atoms with van der Waals surface area (Å²) in [5, 5.41) is 22.4. The number of phenols is 2. The van der Waals surface area contributed by atoms with E-state index in [-0.39, 0.29) is 33.4 Å². The molecule has 24 heavy (non-hydrogen) atoms. The summed E-state index contributed by atoms with van der Waals surface area (Å²) in [5.41, 5.74) is -0.480. The Hall–Kier alpha value is -1.70. The average Bonchev–Trinajstić information content (AvgIpc) is 2.58. The number of benzene rings is 1. The first-order chi connectivity index (χ1) is 11.5. The van der Waals surface area contributed by atoms with Crippen LogP contribution >= 0.6 is 23.4 Å². The van der Waals surface area contributed by atoms with Gasteiger partial charge < -0.3 is 15.5 Å². The quantitative estimate of drug-likeness (QED) is 0.695. The van der Waals surface area contributed by atoms with Crippen molar-refractivity contribution < 1.29 is 19.8 Å². The van der Waals surface area contributed by atoms with E-state index in [0.717, 1.165) is 37.2 Å². The number of hydrogen-bond donors (Lipinski definition) is 3. The number of carbonyl (C=O) groups is 2. The maximum Gasteiger partial charge on any atom is 0.215 e. The number of hydrogen-bond acceptors (Lipinski definition) is 7. The predicted molar refractivity (Wildman–Crippen MR) is 93.1 cm³/mol. The third-order valence-corrected chi connectivity index (χ3v) is 5.40. The molecule has 128 valence electrons. The maximum atomic E-state index is 12.6. The number of aromatic hydroxyl groups is 2. The van der Waals surface area contributed by atoms with Crippen LogP contribution in [0.4, 0.5) is 0 Å². The van der Waals surface area contributed by atoms with Crippen molar-refractivity contribution in [1.82, 2.24) is 10.2 Å². The fourth-order valence-corrected chi connectivity index (χ4v) is 4.04. The van der Waals surface area contributed by atoms with Gasteiger partial charge in [0.1, 0.15) is 22.2 Å². The molecule has 0 radical (unpaired) electrons. The van der Waals surface area contributed by atoms with Gasteiger partial charge in [-0.3, -0.25) is 14.5 Å². The van der Waals surface area contributed by atoms with E-state index >= 15 is 0 Å². The average molecular weight is 369 g/mol. The minimum absolute atomic E-state index is 0.0264. The van der Waals surface area contributed by atoms with Crippen molar-refractivity contribution in [2.24, 2.45) is 0 Å². The van der Waals surface area contributed by atoms with Gasteiger partial charge in [-0.2, -0.15) is 11.8 Å². The van der Waals surface area contributed by atoms with E-state index in [2.05, 4.69) is 10.2 Å². The van der Waals surface area contributed by atoms with Gasteiger partial charge >= 0.3 is 0 Å². The molecule has 0 atom stereocenters. The molecule has 3 N–H and O–H groups in total. The molecule has 1 saturated heterocycles. The number of nitrogens with one attached hydrogen (secondary N) is 1. The lowest BCUT2D eigenvalue weighted by atomic mass is 9.90. The summed E-state index contributed by atoms with van der Waals surface area (Å²) in [7, 11) is 0. The van der Waals surface area contributed by atoms with Crippen molar-refractivity contribution in [2.45, 2.75) is 0 Å². The van der Waals surface area contributed by atoms with Crippen molar-refractivity contribution in [3.05, 3.63) is 34.0 Å². The number of phenolic OH excluding ortho intramolecular Hbond substituents is 2. The summed E-state index contributed by atoms with van der Waals surface area (Å²) >= 11 is 7.95. The number of halogens is 1. The molecule has 1 aromatic carbocycles. The molecular formula is C16H17ClN2O4S. The lowest BCUT2D eigenvalue weighted by Crippen LogP contribution is -2.39. The largest absolute Gasteiger partial charge is 0.507 e. The smallest absolute Gasteiger partial charge is 0.215 e. The van der Waals surface area contributed by atoms with E-state index in [1.54, 1.807) is 0 Å². The second kappa shape index (κ2) is 7.04. The molecule has 0 aromatic heterocycles. The molecule has 1 aromatic rings. The summed E-state index contributed by atoms with van der Waals surface area (Å²) < 4.78 is 0. The van der Waals surface area contributed by atoms with Gasteiger partial charge in [0.05, 0.1) is 11.1 Å². The molecule has 0 saturated carbocycles. The summed E-state index contributed by atoms with van der Waals surface area (Å²) in [6.07, 6.45) is 0. The zero-order valence-electron chi connectivity index (χ0n) is 12.8. The highest BCUT2D eigenvalue weighted by molar-refractivity contribution is 7.99. The number of fused-ring (bicyclic) bond motifs is 1. The summed E-state index contributed by atoms with van der Waals surface area (Å²) in [6.45, 7) is 3.17. The zero-order chi connectivity index (χ0) is 17.3. The van der Waals surface area contributed by atoms with Gasteiger partial charge in [-0.25, -0.2) is 0 Å². The molecule has 1 aliphatic heterocycles. The molecule has 8 heteroatoms. The standard InChI is InChI=1S/C16H17ClN2O4S/c17-13-14(18-3-4-19-5-7-24-8-6-19)16(23)12-10(21)2-1-9(20)11(12)15(13)22/h1-2,18,20-21H,3-8H2. The van der Waals surface area contributed by atoms with Crippen LogP contribution in [0.5, 0.6) is 11.5 Å². The normalized spacial score (nSPS) is 18.7. The van der Waals surface area contributed by atoms with Gasteiger partial charge in [0.2, 0.25) is 11.6 Å². The third kappa shape index (κ3) is 3.11. The topological polar surface area (TPSA) is 89.9 Å². The Morgan fingerprint density at radius 3 is 2.29 bits per heavy atom. The second-order valence-corrected chi connectivity index (χ2v) is 7.18. The van der Waals surface area contributed by atoms with E-state index in [1.807, 2.05) is 11.8 Å². The number of nitrogens with zero attached hydrogens (tertiary/aromatic N) is 1. The van der Waals surface area contributed by atoms with Crippen LogP contribution in [0.3, 0.4) is 0 Å². The van der Waals surface area contributed by atoms with Gasteiger partial charge in [-0.05, 0) is 12.1 Å². The van der Waals surface area contributed by atoms with E-state index in [4.69, 9.17) is 11.6 Å². The van der Waals surface area contributed by atoms with Crippen LogP contribution in [-0.2, 0) is 0 Å². The highest BCUT2D eigenvalue weighted by Crippen LogP contribution is 2.37. The summed E-state index contributed by atoms with van der Waals surface area (Å²) in [4.78, 5) is 27.2. The lowest BCUT2D eigenvalue weighted by Gasteiger charge is -2.27. The highest BCUT2D eigenvalue weighted by Gasteiger charge is 2.35. The van der Waals surface area contributed by atoms with Crippen molar-refractivity contribution in [2.75, 3.05) is 37.7 Å². The Labute approximate surface area is 148 Å².